The third-order valence-electron chi connectivity index (χ3n) is 13.5. The molecule has 0 aliphatic rings. The molecule has 0 saturated heterocycles. The fraction of sp³-hybridized carbons (Fsp3) is 0.298. The molecule has 82 heavy (non-hydrogen) atoms. The lowest BCUT2D eigenvalue weighted by atomic mass is 9.90. The van der Waals surface area contributed by atoms with E-state index in [4.69, 9.17) is 5.10 Å². The van der Waals surface area contributed by atoms with E-state index in [9.17, 15) is 41.0 Å². The molecule has 0 aliphatic heterocycles. The molecule has 0 bridgehead atoms. The number of carbonyl (C=O) groups excluding carboxylic acids is 2. The number of aromatic nitrogens is 8. The summed E-state index contributed by atoms with van der Waals surface area (Å²) in [6, 6.07) is 21.2. The Bertz CT molecular complexity index is 3630. The molecular weight excluding hydrogens is 1070 g/mol. The fourth-order valence-electron chi connectivity index (χ4n) is 8.99. The van der Waals surface area contributed by atoms with Gasteiger partial charge < -0.3 is 47.6 Å². The average Bonchev–Trinajstić information content (AvgIpc) is 4.04. The van der Waals surface area contributed by atoms with Crippen molar-refractivity contribution < 1.29 is 41.0 Å². The van der Waals surface area contributed by atoms with Gasteiger partial charge in [0.25, 0.3) is 11.8 Å². The third-order valence-corrected chi connectivity index (χ3v) is 13.5. The first-order valence-electron chi connectivity index (χ1n) is 26.0. The number of anilines is 8. The van der Waals surface area contributed by atoms with Gasteiger partial charge in [-0.25, -0.2) is 19.9 Å². The molecule has 9 N–H and O–H groups in total. The number of nitrogens with zero attached hydrogens (tertiary/aromatic N) is 8. The number of hydrogen-bond donors (Lipinski definition) is 9. The molecule has 8 aromatic rings. The number of amides is 2. The highest BCUT2D eigenvalue weighted by Gasteiger charge is 2.35. The van der Waals surface area contributed by atoms with Crippen molar-refractivity contribution in [1.29, 1.82) is 0 Å². The number of aliphatic hydroxyl groups excluding tert-OH is 1. The van der Waals surface area contributed by atoms with Gasteiger partial charge in [0.1, 0.15) is 35.9 Å². The lowest BCUT2D eigenvalue weighted by Crippen LogP contribution is -2.38. The molecule has 0 aliphatic carbocycles. The summed E-state index contributed by atoms with van der Waals surface area (Å²) >= 11 is 0. The summed E-state index contributed by atoms with van der Waals surface area (Å²) in [7, 11) is 3.41. The van der Waals surface area contributed by atoms with E-state index in [0.29, 0.717) is 80.9 Å². The number of hydrogen-bond acceptors (Lipinski definition) is 15. The minimum absolute atomic E-state index is 0.0877. The van der Waals surface area contributed by atoms with Crippen molar-refractivity contribution in [1.82, 2.24) is 50.1 Å². The van der Waals surface area contributed by atoms with Gasteiger partial charge in [0.2, 0.25) is 0 Å². The molecule has 4 aromatic heterocycles. The minimum Gasteiger partial charge on any atom is -0.395 e. The zero-order valence-electron chi connectivity index (χ0n) is 46.3. The molecule has 430 valence electrons. The van der Waals surface area contributed by atoms with E-state index < -0.39 is 46.9 Å². The number of halogens is 6. The number of carbonyl (C=O) groups is 2. The Morgan fingerprint density at radius 2 is 1.21 bits per heavy atom. The average molecular weight is 1130 g/mol. The Hall–Kier alpha value is -8.94. The lowest BCUT2D eigenvalue weighted by Gasteiger charge is -2.28. The summed E-state index contributed by atoms with van der Waals surface area (Å²) in [6.07, 6.45) is -6.66. The molecule has 4 heterocycles. The van der Waals surface area contributed by atoms with Crippen molar-refractivity contribution in [2.45, 2.75) is 78.8 Å². The first-order chi connectivity index (χ1) is 38.8. The van der Waals surface area contributed by atoms with E-state index in [1.807, 2.05) is 20.8 Å². The molecule has 0 radical (unpaired) electrons. The summed E-state index contributed by atoms with van der Waals surface area (Å²) in [4.78, 5) is 45.5. The van der Waals surface area contributed by atoms with E-state index in [-0.39, 0.29) is 47.6 Å². The van der Waals surface area contributed by atoms with Crippen LogP contribution in [0.4, 0.5) is 72.4 Å². The Balaban J connectivity index is 1.19. The van der Waals surface area contributed by atoms with E-state index in [1.54, 1.807) is 106 Å². The van der Waals surface area contributed by atoms with Gasteiger partial charge in [-0.2, -0.15) is 45.9 Å². The predicted octanol–water partition coefficient (Wildman–Crippen LogP) is 10.8. The van der Waals surface area contributed by atoms with Crippen LogP contribution in [0.5, 0.6) is 0 Å². The monoisotopic (exact) mass is 1130 g/mol. The summed E-state index contributed by atoms with van der Waals surface area (Å²) in [5, 5.41) is 43.8. The fourth-order valence-corrected chi connectivity index (χ4v) is 8.99. The topological polar surface area (TPSA) is 238 Å². The zero-order valence-corrected chi connectivity index (χ0v) is 46.3. The number of benzene rings is 4. The van der Waals surface area contributed by atoms with Gasteiger partial charge >= 0.3 is 12.4 Å². The molecule has 1 atom stereocenters. The molecule has 4 aromatic carbocycles. The van der Waals surface area contributed by atoms with E-state index in [2.05, 4.69) is 67.6 Å². The molecular formula is C57H62F6N16O3. The van der Waals surface area contributed by atoms with Crippen molar-refractivity contribution in [2.24, 2.45) is 0 Å². The number of nitrogens with one attached hydrogen (secondary N) is 8. The second kappa shape index (κ2) is 24.4. The summed E-state index contributed by atoms with van der Waals surface area (Å²) in [5.41, 5.74) is 1.54. The lowest BCUT2D eigenvalue weighted by molar-refractivity contribution is -0.138. The number of rotatable bonds is 21. The van der Waals surface area contributed by atoms with Gasteiger partial charge in [0.05, 0.1) is 29.1 Å². The molecule has 0 fully saturated rings. The van der Waals surface area contributed by atoms with Crippen molar-refractivity contribution >= 4 is 57.8 Å². The van der Waals surface area contributed by atoms with Crippen molar-refractivity contribution in [3.8, 4) is 11.6 Å². The summed E-state index contributed by atoms with van der Waals surface area (Å²) in [5.74, 6) is 1.04. The molecule has 8 rings (SSSR count). The first kappa shape index (κ1) is 59.2. The highest BCUT2D eigenvalue weighted by molar-refractivity contribution is 6.05. The second-order valence-electron chi connectivity index (χ2n) is 19.9. The first-order valence-corrected chi connectivity index (χ1v) is 26.0. The maximum Gasteiger partial charge on any atom is 0.416 e. The number of aliphatic hydroxyl groups is 1. The second-order valence-corrected chi connectivity index (χ2v) is 19.9. The van der Waals surface area contributed by atoms with Crippen LogP contribution < -0.4 is 42.5 Å². The van der Waals surface area contributed by atoms with Gasteiger partial charge in [-0.05, 0) is 137 Å². The quantitative estimate of drug-likeness (QED) is 0.0304. The zero-order chi connectivity index (χ0) is 59.3. The van der Waals surface area contributed by atoms with Crippen LogP contribution in [0.1, 0.15) is 105 Å². The van der Waals surface area contributed by atoms with E-state index in [0.717, 1.165) is 29.8 Å². The van der Waals surface area contributed by atoms with Gasteiger partial charge in [-0.3, -0.25) is 9.59 Å². The maximum absolute atomic E-state index is 14.5. The molecule has 25 heteroatoms. The van der Waals surface area contributed by atoms with Crippen molar-refractivity contribution in [3.63, 3.8) is 0 Å². The maximum atomic E-state index is 14.5. The van der Waals surface area contributed by atoms with Crippen LogP contribution in [0.2, 0.25) is 0 Å². The highest BCUT2D eigenvalue weighted by Crippen LogP contribution is 2.37. The molecule has 19 nitrogen and oxygen atoms in total. The standard InChI is InChI=1S/C57H62F6N16O3/c1-10-66-34(5)36-16-37(19-40(17-36)56(58,59)60)53(81)72-42-12-11-31(2)45(24-42)74-52-26-44(77-79(52)50-28-48(65-9)68-30-70-50)22-35-21-43(73-54(82)38-18-39(55(6,7)71-13-14-80)23-41(20-38)57(61,62)63)25-46(33(35)4)75-51-15-32(3)76-78(51)49-27-47(64-8)67-29-69-49/h11-12,15-21,23-30,34,66,71,74-75,80H,10,13-14,22H2,1-9H3,(H,72,81)(H,73,82)(H,64,67,69)(H,65,68,70)/t34-/m0/s1. The molecule has 2 amide bonds. The Morgan fingerprint density at radius 1 is 0.646 bits per heavy atom. The Morgan fingerprint density at radius 3 is 1.82 bits per heavy atom. The SMILES string of the molecule is CCN[C@@H](C)c1cc(C(=O)Nc2ccc(C)c(Nc3cc(Cc4cc(NC(=O)c5cc(C(F)(F)F)cc(C(C)(C)NCCO)c5)cc(Nc5cc(C)nn5-c5cc(NC)ncn5)c4C)nn3-c3cc(NC)ncn3)c2)cc(C(F)(F)F)c1. The number of aryl methyl sites for hydroxylation is 2. The summed E-state index contributed by atoms with van der Waals surface area (Å²) < 4.78 is 88.9. The van der Waals surface area contributed by atoms with E-state index >= 15 is 0 Å². The molecule has 0 unspecified atom stereocenters. The Kier molecular flexibility index (Phi) is 17.6. The normalized spacial score (nSPS) is 12.2. The smallest absolute Gasteiger partial charge is 0.395 e. The highest BCUT2D eigenvalue weighted by atomic mass is 19.4. The third kappa shape index (κ3) is 14.0. The van der Waals surface area contributed by atoms with Crippen LogP contribution in [0, 0.1) is 20.8 Å². The van der Waals surface area contributed by atoms with Crippen molar-refractivity contribution in [2.75, 3.05) is 65.7 Å². The van der Waals surface area contributed by atoms with Gasteiger partial charge in [-0.1, -0.05) is 13.0 Å². The largest absolute Gasteiger partial charge is 0.416 e. The van der Waals surface area contributed by atoms with Gasteiger partial charge in [0, 0.05) is 96.8 Å². The van der Waals surface area contributed by atoms with Crippen LogP contribution in [-0.2, 0) is 24.3 Å². The van der Waals surface area contributed by atoms with Crippen LogP contribution in [0.3, 0.4) is 0 Å². The van der Waals surface area contributed by atoms with Crippen LogP contribution >= 0.6 is 0 Å². The van der Waals surface area contributed by atoms with Gasteiger partial charge in [0.15, 0.2) is 11.6 Å². The summed E-state index contributed by atoms with van der Waals surface area (Å²) in [6.45, 7) is 12.6. The molecule has 0 saturated carbocycles. The van der Waals surface area contributed by atoms with E-state index in [1.165, 1.54) is 24.8 Å². The van der Waals surface area contributed by atoms with Crippen LogP contribution in [-0.4, -0.2) is 90.2 Å². The molecule has 0 spiro atoms. The Labute approximate surface area is 468 Å². The van der Waals surface area contributed by atoms with Crippen molar-refractivity contribution in [3.05, 3.63) is 165 Å². The number of alkyl halides is 6. The minimum atomic E-state index is -4.80. The predicted molar refractivity (Wildman–Crippen MR) is 303 cm³/mol. The van der Waals surface area contributed by atoms with Crippen LogP contribution in [0.25, 0.3) is 11.6 Å². The van der Waals surface area contributed by atoms with Crippen LogP contribution in [0.15, 0.2) is 104 Å². The van der Waals surface area contributed by atoms with Gasteiger partial charge in [-0.15, -0.1) is 0 Å².